The van der Waals surface area contributed by atoms with E-state index < -0.39 is 0 Å². The van der Waals surface area contributed by atoms with E-state index in [0.717, 1.165) is 51.6 Å². The summed E-state index contributed by atoms with van der Waals surface area (Å²) >= 11 is 0. The molecule has 0 radical (unpaired) electrons. The highest BCUT2D eigenvalue weighted by atomic mass is 16.2. The van der Waals surface area contributed by atoms with Gasteiger partial charge in [0.25, 0.3) is 0 Å². The maximum absolute atomic E-state index is 12.9. The molecule has 0 saturated carbocycles. The van der Waals surface area contributed by atoms with Crippen molar-refractivity contribution < 1.29 is 9.59 Å². The number of rotatable bonds is 4. The first kappa shape index (κ1) is 15.3. The summed E-state index contributed by atoms with van der Waals surface area (Å²) < 4.78 is 0. The van der Waals surface area contributed by atoms with Gasteiger partial charge in [-0.25, -0.2) is 0 Å². The van der Waals surface area contributed by atoms with Crippen molar-refractivity contribution in [3.63, 3.8) is 0 Å². The highest BCUT2D eigenvalue weighted by molar-refractivity contribution is 5.88. The summed E-state index contributed by atoms with van der Waals surface area (Å²) in [6.45, 7) is 4.42. The van der Waals surface area contributed by atoms with Crippen molar-refractivity contribution in [2.75, 3.05) is 26.7 Å². The zero-order valence-electron chi connectivity index (χ0n) is 12.7. The highest BCUT2D eigenvalue weighted by Gasteiger charge is 2.43. The Balaban J connectivity index is 2.05. The van der Waals surface area contributed by atoms with Gasteiger partial charge in [0.2, 0.25) is 11.8 Å². The number of likely N-dealkylation sites (tertiary alicyclic amines) is 1. The Labute approximate surface area is 121 Å². The van der Waals surface area contributed by atoms with Crippen LogP contribution in [0.15, 0.2) is 0 Å². The minimum atomic E-state index is -0.362. The SMILES string of the molecule is CCCC1(C(=O)N2CCCC(C(=O)NC)C2)CCCN1. The molecule has 0 bridgehead atoms. The minimum Gasteiger partial charge on any atom is -0.359 e. The quantitative estimate of drug-likeness (QED) is 0.804. The zero-order chi connectivity index (χ0) is 14.6. The molecule has 20 heavy (non-hydrogen) atoms. The van der Waals surface area contributed by atoms with E-state index in [1.165, 1.54) is 0 Å². The monoisotopic (exact) mass is 281 g/mol. The molecule has 2 N–H and O–H groups in total. The predicted octanol–water partition coefficient (Wildman–Crippen LogP) is 0.893. The van der Waals surface area contributed by atoms with Gasteiger partial charge >= 0.3 is 0 Å². The van der Waals surface area contributed by atoms with Gasteiger partial charge in [-0.2, -0.15) is 0 Å². The van der Waals surface area contributed by atoms with Gasteiger partial charge in [-0.3, -0.25) is 9.59 Å². The fourth-order valence-electron chi connectivity index (χ4n) is 3.62. The maximum atomic E-state index is 12.9. The number of piperidine rings is 1. The first-order valence-electron chi connectivity index (χ1n) is 7.89. The molecular weight excluding hydrogens is 254 g/mol. The number of hydrogen-bond donors (Lipinski definition) is 2. The summed E-state index contributed by atoms with van der Waals surface area (Å²) in [5, 5.41) is 6.14. The summed E-state index contributed by atoms with van der Waals surface area (Å²) in [6.07, 6.45) is 5.71. The third kappa shape index (κ3) is 2.97. The van der Waals surface area contributed by atoms with Crippen LogP contribution in [0.2, 0.25) is 0 Å². The predicted molar refractivity (Wildman–Crippen MR) is 78.2 cm³/mol. The van der Waals surface area contributed by atoms with Crippen molar-refractivity contribution in [1.29, 1.82) is 0 Å². The molecule has 0 spiro atoms. The van der Waals surface area contributed by atoms with Crippen molar-refractivity contribution in [2.45, 2.75) is 51.0 Å². The van der Waals surface area contributed by atoms with Crippen LogP contribution < -0.4 is 10.6 Å². The zero-order valence-corrected chi connectivity index (χ0v) is 12.7. The molecule has 2 fully saturated rings. The second-order valence-corrected chi connectivity index (χ2v) is 6.07. The number of carbonyl (C=O) groups is 2. The van der Waals surface area contributed by atoms with Crippen LogP contribution in [0.4, 0.5) is 0 Å². The molecule has 5 heteroatoms. The Hall–Kier alpha value is -1.10. The van der Waals surface area contributed by atoms with E-state index in [2.05, 4.69) is 17.6 Å². The fourth-order valence-corrected chi connectivity index (χ4v) is 3.62. The lowest BCUT2D eigenvalue weighted by Gasteiger charge is -2.38. The summed E-state index contributed by atoms with van der Waals surface area (Å²) in [4.78, 5) is 26.6. The van der Waals surface area contributed by atoms with Crippen LogP contribution in [0.3, 0.4) is 0 Å². The Morgan fingerprint density at radius 1 is 1.40 bits per heavy atom. The maximum Gasteiger partial charge on any atom is 0.242 e. The van der Waals surface area contributed by atoms with Crippen LogP contribution in [-0.4, -0.2) is 48.9 Å². The molecule has 5 nitrogen and oxygen atoms in total. The van der Waals surface area contributed by atoms with Crippen LogP contribution >= 0.6 is 0 Å². The number of nitrogens with one attached hydrogen (secondary N) is 2. The Morgan fingerprint density at radius 2 is 2.20 bits per heavy atom. The lowest BCUT2D eigenvalue weighted by atomic mass is 9.88. The molecule has 2 saturated heterocycles. The van der Waals surface area contributed by atoms with Gasteiger partial charge in [0.1, 0.15) is 0 Å². The van der Waals surface area contributed by atoms with Crippen LogP contribution in [0, 0.1) is 5.92 Å². The van der Waals surface area contributed by atoms with E-state index in [4.69, 9.17) is 0 Å². The Bertz CT molecular complexity index is 364. The van der Waals surface area contributed by atoms with E-state index in [1.54, 1.807) is 7.05 Å². The first-order valence-corrected chi connectivity index (χ1v) is 7.89. The Kier molecular flexibility index (Phi) is 5.02. The van der Waals surface area contributed by atoms with Crippen molar-refractivity contribution in [3.05, 3.63) is 0 Å². The topological polar surface area (TPSA) is 61.4 Å². The van der Waals surface area contributed by atoms with Crippen molar-refractivity contribution >= 4 is 11.8 Å². The van der Waals surface area contributed by atoms with Crippen molar-refractivity contribution in [2.24, 2.45) is 5.92 Å². The van der Waals surface area contributed by atoms with Crippen LogP contribution in [0.5, 0.6) is 0 Å². The van der Waals surface area contributed by atoms with Gasteiger partial charge in [-0.1, -0.05) is 13.3 Å². The molecule has 2 atom stereocenters. The fraction of sp³-hybridized carbons (Fsp3) is 0.867. The molecule has 2 heterocycles. The van der Waals surface area contributed by atoms with E-state index in [9.17, 15) is 9.59 Å². The molecule has 2 rings (SSSR count). The molecule has 2 aliphatic heterocycles. The standard InChI is InChI=1S/C15H27N3O2/c1-3-7-15(8-5-9-17-15)14(20)18-10-4-6-12(11-18)13(19)16-2/h12,17H,3-11H2,1-2H3,(H,16,19). The first-order chi connectivity index (χ1) is 9.63. The van der Waals surface area contributed by atoms with E-state index >= 15 is 0 Å². The van der Waals surface area contributed by atoms with Gasteiger partial charge in [-0.15, -0.1) is 0 Å². The smallest absolute Gasteiger partial charge is 0.242 e. The van der Waals surface area contributed by atoms with Crippen LogP contribution in [-0.2, 0) is 9.59 Å². The van der Waals surface area contributed by atoms with Gasteiger partial charge in [-0.05, 0) is 38.6 Å². The molecular formula is C15H27N3O2. The summed E-state index contributed by atoms with van der Waals surface area (Å²) in [5.41, 5.74) is -0.362. The van der Waals surface area contributed by atoms with Gasteiger partial charge < -0.3 is 15.5 Å². The third-order valence-electron chi connectivity index (χ3n) is 4.66. The number of nitrogens with zero attached hydrogens (tertiary/aromatic N) is 1. The van der Waals surface area contributed by atoms with Crippen LogP contribution in [0.1, 0.15) is 45.4 Å². The molecule has 114 valence electrons. The average Bonchev–Trinajstić information content (AvgIpc) is 2.96. The van der Waals surface area contributed by atoms with Crippen LogP contribution in [0.25, 0.3) is 0 Å². The molecule has 0 aromatic heterocycles. The van der Waals surface area contributed by atoms with E-state index in [1.807, 2.05) is 4.90 Å². The summed E-state index contributed by atoms with van der Waals surface area (Å²) in [7, 11) is 1.67. The average molecular weight is 281 g/mol. The van der Waals surface area contributed by atoms with Crippen molar-refractivity contribution in [3.8, 4) is 0 Å². The molecule has 0 aromatic rings. The van der Waals surface area contributed by atoms with E-state index in [-0.39, 0.29) is 23.3 Å². The lowest BCUT2D eigenvalue weighted by Crippen LogP contribution is -2.57. The van der Waals surface area contributed by atoms with E-state index in [0.29, 0.717) is 6.54 Å². The number of carbonyl (C=O) groups excluding carboxylic acids is 2. The summed E-state index contributed by atoms with van der Waals surface area (Å²) in [5.74, 6) is 0.231. The lowest BCUT2D eigenvalue weighted by molar-refractivity contribution is -0.141. The number of amides is 2. The third-order valence-corrected chi connectivity index (χ3v) is 4.66. The second kappa shape index (κ2) is 6.57. The summed E-state index contributed by atoms with van der Waals surface area (Å²) in [6, 6.07) is 0. The largest absolute Gasteiger partial charge is 0.359 e. The Morgan fingerprint density at radius 3 is 2.80 bits per heavy atom. The normalized spacial score (nSPS) is 30.3. The van der Waals surface area contributed by atoms with Gasteiger partial charge in [0, 0.05) is 20.1 Å². The molecule has 2 unspecified atom stereocenters. The molecule has 0 aliphatic carbocycles. The molecule has 0 aromatic carbocycles. The molecule has 2 aliphatic rings. The number of hydrogen-bond acceptors (Lipinski definition) is 3. The highest BCUT2D eigenvalue weighted by Crippen LogP contribution is 2.29. The van der Waals surface area contributed by atoms with Crippen molar-refractivity contribution in [1.82, 2.24) is 15.5 Å². The minimum absolute atomic E-state index is 0.0437. The van der Waals surface area contributed by atoms with Gasteiger partial charge in [0.15, 0.2) is 0 Å². The van der Waals surface area contributed by atoms with Gasteiger partial charge in [0.05, 0.1) is 11.5 Å². The molecule has 2 amide bonds. The second-order valence-electron chi connectivity index (χ2n) is 6.07.